The summed E-state index contributed by atoms with van der Waals surface area (Å²) in [6.07, 6.45) is 13.7. The van der Waals surface area contributed by atoms with E-state index in [1.807, 2.05) is 12.1 Å². The van der Waals surface area contributed by atoms with Crippen LogP contribution in [0.1, 0.15) is 112 Å². The van der Waals surface area contributed by atoms with Crippen LogP contribution in [0.25, 0.3) is 6.08 Å². The number of ether oxygens (including phenoxy) is 1. The Balaban J connectivity index is 1.39. The number of rotatable bonds is 3. The fourth-order valence-corrected chi connectivity index (χ4v) is 12.4. The number of methoxy groups -OCH3 is 1. The monoisotopic (exact) mass is 542 g/mol. The SMILES string of the molecule is C=C(C)C1CCC2(C)CC[C@]3(C)C(CCC4C5(C)C/C(=C/c6ccc(OC)cc6)C(=O)C(C)(C)[C@@H]5CCC43C)[C@@H]12. The van der Waals surface area contributed by atoms with Gasteiger partial charge in [-0.15, -0.1) is 0 Å². The second-order valence-corrected chi connectivity index (χ2v) is 16.5. The zero-order valence-corrected chi connectivity index (χ0v) is 26.7. The van der Waals surface area contributed by atoms with Crippen molar-refractivity contribution < 1.29 is 9.53 Å². The molecule has 0 heterocycles. The number of carbonyl (C=O) groups excluding carboxylic acids is 1. The van der Waals surface area contributed by atoms with Gasteiger partial charge in [0.2, 0.25) is 0 Å². The summed E-state index contributed by atoms with van der Waals surface area (Å²) in [6.45, 7) is 22.0. The highest BCUT2D eigenvalue weighted by Gasteiger charge is 2.70. The fraction of sp³-hybridized carbons (Fsp3) is 0.711. The molecule has 0 aromatic heterocycles. The standard InChI is InChI=1S/C38H54O2/c1-24(2)28-16-18-35(5)20-21-37(7)29(32(28)35)14-15-31-36(6)23-26(22-25-10-12-27(40-9)13-11-25)33(39)34(3,4)30(36)17-19-38(31,37)8/h10-13,22,28-32H,1,14-21,23H2,2-9H3/b26-22-/t28?,29?,30-,31?,32+,35?,36?,37+,38?/m0/s1. The predicted octanol–water partition coefficient (Wildman–Crippen LogP) is 9.94. The number of hydrogen-bond donors (Lipinski definition) is 0. The van der Waals surface area contributed by atoms with E-state index in [0.29, 0.717) is 39.8 Å². The maximum absolute atomic E-state index is 14.1. The Hall–Kier alpha value is -1.83. The normalized spacial score (nSPS) is 46.6. The summed E-state index contributed by atoms with van der Waals surface area (Å²) >= 11 is 0. The molecule has 9 atom stereocenters. The van der Waals surface area contributed by atoms with Crippen LogP contribution in [0.3, 0.4) is 0 Å². The summed E-state index contributed by atoms with van der Waals surface area (Å²) in [5.74, 6) is 4.62. The lowest BCUT2D eigenvalue weighted by molar-refractivity contribution is -0.228. The van der Waals surface area contributed by atoms with Crippen LogP contribution in [-0.2, 0) is 4.79 Å². The lowest BCUT2D eigenvalue weighted by Crippen LogP contribution is -2.66. The lowest BCUT2D eigenvalue weighted by atomic mass is 9.32. The molecule has 5 aliphatic rings. The van der Waals surface area contributed by atoms with Crippen molar-refractivity contribution in [1.29, 1.82) is 0 Å². The molecule has 1 aromatic rings. The predicted molar refractivity (Wildman–Crippen MR) is 166 cm³/mol. The van der Waals surface area contributed by atoms with Crippen LogP contribution in [0.5, 0.6) is 5.75 Å². The highest BCUT2D eigenvalue weighted by molar-refractivity contribution is 6.04. The van der Waals surface area contributed by atoms with Crippen LogP contribution in [0, 0.1) is 56.7 Å². The zero-order valence-electron chi connectivity index (χ0n) is 26.7. The number of benzene rings is 1. The van der Waals surface area contributed by atoms with Crippen LogP contribution in [0.15, 0.2) is 42.0 Å². The smallest absolute Gasteiger partial charge is 0.164 e. The van der Waals surface area contributed by atoms with Gasteiger partial charge in [-0.2, -0.15) is 0 Å². The van der Waals surface area contributed by atoms with E-state index in [4.69, 9.17) is 4.74 Å². The molecule has 6 rings (SSSR count). The number of allylic oxidation sites excluding steroid dienone is 2. The molecule has 218 valence electrons. The molecule has 5 aliphatic carbocycles. The minimum absolute atomic E-state index is 0.140. The summed E-state index contributed by atoms with van der Waals surface area (Å²) < 4.78 is 5.38. The molecule has 1 aromatic carbocycles. The van der Waals surface area contributed by atoms with E-state index < -0.39 is 0 Å². The van der Waals surface area contributed by atoms with Crippen molar-refractivity contribution >= 4 is 11.9 Å². The van der Waals surface area contributed by atoms with Crippen molar-refractivity contribution in [1.82, 2.24) is 0 Å². The summed E-state index contributed by atoms with van der Waals surface area (Å²) in [6, 6.07) is 8.20. The van der Waals surface area contributed by atoms with Gasteiger partial charge in [0.05, 0.1) is 7.11 Å². The fourth-order valence-electron chi connectivity index (χ4n) is 12.4. The molecule has 0 aliphatic heterocycles. The van der Waals surface area contributed by atoms with Gasteiger partial charge in [0.1, 0.15) is 5.75 Å². The highest BCUT2D eigenvalue weighted by atomic mass is 16.5. The van der Waals surface area contributed by atoms with Crippen molar-refractivity contribution in [2.24, 2.45) is 56.7 Å². The number of fused-ring (bicyclic) bond motifs is 7. The van der Waals surface area contributed by atoms with Crippen LogP contribution < -0.4 is 4.74 Å². The van der Waals surface area contributed by atoms with Crippen LogP contribution >= 0.6 is 0 Å². The first-order chi connectivity index (χ1) is 18.7. The van der Waals surface area contributed by atoms with Crippen molar-refractivity contribution in [3.05, 3.63) is 47.6 Å². The zero-order chi connectivity index (χ0) is 28.9. The lowest BCUT2D eigenvalue weighted by Gasteiger charge is -2.72. The second-order valence-electron chi connectivity index (χ2n) is 16.5. The van der Waals surface area contributed by atoms with Gasteiger partial charge >= 0.3 is 0 Å². The molecule has 40 heavy (non-hydrogen) atoms. The third-order valence-corrected chi connectivity index (χ3v) is 14.5. The van der Waals surface area contributed by atoms with Crippen molar-refractivity contribution in [3.8, 4) is 5.75 Å². The Kier molecular flexibility index (Phi) is 6.43. The molecule has 0 saturated heterocycles. The summed E-state index contributed by atoms with van der Waals surface area (Å²) in [5, 5.41) is 0. The Labute approximate surface area is 244 Å². The molecule has 0 amide bonds. The third kappa shape index (κ3) is 3.69. The Morgan fingerprint density at radius 1 is 0.875 bits per heavy atom. The Morgan fingerprint density at radius 3 is 2.23 bits per heavy atom. The summed E-state index contributed by atoms with van der Waals surface area (Å²) in [5.41, 5.74) is 4.55. The third-order valence-electron chi connectivity index (χ3n) is 14.5. The molecule has 0 radical (unpaired) electrons. The molecule has 5 fully saturated rings. The van der Waals surface area contributed by atoms with Crippen molar-refractivity contribution in [3.63, 3.8) is 0 Å². The average molecular weight is 543 g/mol. The first kappa shape index (κ1) is 28.3. The second kappa shape index (κ2) is 9.08. The van der Waals surface area contributed by atoms with Crippen LogP contribution in [-0.4, -0.2) is 12.9 Å². The van der Waals surface area contributed by atoms with E-state index in [0.717, 1.165) is 35.1 Å². The van der Waals surface area contributed by atoms with Crippen LogP contribution in [0.2, 0.25) is 0 Å². The number of carbonyl (C=O) groups is 1. The van der Waals surface area contributed by atoms with Gasteiger partial charge in [-0.05, 0) is 145 Å². The Morgan fingerprint density at radius 2 is 1.57 bits per heavy atom. The molecule has 0 bridgehead atoms. The topological polar surface area (TPSA) is 26.3 Å². The van der Waals surface area contributed by atoms with Crippen molar-refractivity contribution in [2.75, 3.05) is 7.11 Å². The van der Waals surface area contributed by atoms with Gasteiger partial charge in [-0.25, -0.2) is 0 Å². The molecular formula is C38H54O2. The molecule has 6 unspecified atom stereocenters. The number of Topliss-reactive ketones (excluding diaryl/α,β-unsaturated/α-hetero) is 1. The van der Waals surface area contributed by atoms with E-state index in [1.54, 1.807) is 7.11 Å². The molecule has 0 spiro atoms. The quantitative estimate of drug-likeness (QED) is 0.281. The summed E-state index contributed by atoms with van der Waals surface area (Å²) in [4.78, 5) is 14.1. The maximum Gasteiger partial charge on any atom is 0.164 e. The van der Waals surface area contributed by atoms with Gasteiger partial charge in [-0.3, -0.25) is 4.79 Å². The summed E-state index contributed by atoms with van der Waals surface area (Å²) in [7, 11) is 1.70. The molecular weight excluding hydrogens is 488 g/mol. The van der Waals surface area contributed by atoms with Crippen molar-refractivity contribution in [2.45, 2.75) is 106 Å². The first-order valence-corrected chi connectivity index (χ1v) is 16.3. The van der Waals surface area contributed by atoms with E-state index in [1.165, 1.54) is 56.9 Å². The van der Waals surface area contributed by atoms with E-state index in [9.17, 15) is 4.79 Å². The minimum atomic E-state index is -0.327. The minimum Gasteiger partial charge on any atom is -0.497 e. The number of ketones is 1. The Bertz CT molecular complexity index is 1240. The van der Waals surface area contributed by atoms with Crippen LogP contribution in [0.4, 0.5) is 0 Å². The van der Waals surface area contributed by atoms with Gasteiger partial charge in [0.15, 0.2) is 5.78 Å². The van der Waals surface area contributed by atoms with E-state index in [2.05, 4.69) is 73.3 Å². The van der Waals surface area contributed by atoms with Gasteiger partial charge in [-0.1, -0.05) is 65.8 Å². The molecule has 2 nitrogen and oxygen atoms in total. The molecule has 5 saturated carbocycles. The molecule has 0 N–H and O–H groups in total. The number of hydrogen-bond acceptors (Lipinski definition) is 2. The average Bonchev–Trinajstić information content (AvgIpc) is 3.26. The maximum atomic E-state index is 14.1. The first-order valence-electron chi connectivity index (χ1n) is 16.3. The van der Waals surface area contributed by atoms with Gasteiger partial charge in [0, 0.05) is 5.41 Å². The largest absolute Gasteiger partial charge is 0.497 e. The van der Waals surface area contributed by atoms with Gasteiger partial charge < -0.3 is 4.74 Å². The van der Waals surface area contributed by atoms with E-state index >= 15 is 0 Å². The molecule has 2 heteroatoms. The van der Waals surface area contributed by atoms with E-state index in [-0.39, 0.29) is 10.8 Å². The van der Waals surface area contributed by atoms with Gasteiger partial charge in [0.25, 0.3) is 0 Å². The highest BCUT2D eigenvalue weighted by Crippen LogP contribution is 2.77.